The minimum Gasteiger partial charge on any atom is -0.384 e. The highest BCUT2D eigenvalue weighted by Crippen LogP contribution is 2.45. The molecule has 0 radical (unpaired) electrons. The summed E-state index contributed by atoms with van der Waals surface area (Å²) < 4.78 is 0. The summed E-state index contributed by atoms with van der Waals surface area (Å²) in [4.78, 5) is 5.27. The fraction of sp³-hybridized carbons (Fsp3) is 0.389. The number of hydrogen-bond donors (Lipinski definition) is 1. The SMILES string of the molecule is CCC(C)(C)C(O)(CSc1ccc(Cl)cc1)c1cccnc1. The van der Waals surface area contributed by atoms with Crippen molar-refractivity contribution in [3.63, 3.8) is 0 Å². The monoisotopic (exact) mass is 335 g/mol. The summed E-state index contributed by atoms with van der Waals surface area (Å²) >= 11 is 7.56. The van der Waals surface area contributed by atoms with Gasteiger partial charge in [-0.25, -0.2) is 0 Å². The summed E-state index contributed by atoms with van der Waals surface area (Å²) in [6.45, 7) is 6.30. The maximum absolute atomic E-state index is 11.4. The molecule has 22 heavy (non-hydrogen) atoms. The zero-order valence-corrected chi connectivity index (χ0v) is 14.8. The van der Waals surface area contributed by atoms with Crippen LogP contribution >= 0.6 is 23.4 Å². The Morgan fingerprint density at radius 1 is 1.18 bits per heavy atom. The van der Waals surface area contributed by atoms with Crippen molar-refractivity contribution in [3.8, 4) is 0 Å². The third-order valence-electron chi connectivity index (χ3n) is 4.40. The molecule has 0 spiro atoms. The van der Waals surface area contributed by atoms with Crippen LogP contribution in [0.2, 0.25) is 5.02 Å². The molecule has 0 aliphatic rings. The van der Waals surface area contributed by atoms with Crippen molar-refractivity contribution in [1.82, 2.24) is 4.98 Å². The number of thioether (sulfide) groups is 1. The highest BCUT2D eigenvalue weighted by Gasteiger charge is 2.43. The standard InChI is InChI=1S/C18H22ClNOS/c1-4-17(2,3)18(21,14-6-5-11-20-12-14)13-22-16-9-7-15(19)8-10-16/h5-12,21H,4,13H2,1-3H3. The largest absolute Gasteiger partial charge is 0.384 e. The molecular weight excluding hydrogens is 314 g/mol. The predicted octanol–water partition coefficient (Wildman–Crippen LogP) is 5.15. The van der Waals surface area contributed by atoms with Crippen LogP contribution in [0.5, 0.6) is 0 Å². The molecular formula is C18H22ClNOS. The van der Waals surface area contributed by atoms with Crippen LogP contribution in [0.15, 0.2) is 53.7 Å². The van der Waals surface area contributed by atoms with E-state index in [1.54, 1.807) is 24.2 Å². The van der Waals surface area contributed by atoms with E-state index in [9.17, 15) is 5.11 Å². The lowest BCUT2D eigenvalue weighted by Gasteiger charge is -2.42. The van der Waals surface area contributed by atoms with Gasteiger partial charge in [-0.05, 0) is 42.2 Å². The maximum atomic E-state index is 11.4. The van der Waals surface area contributed by atoms with Crippen LogP contribution in [0, 0.1) is 5.41 Å². The lowest BCUT2D eigenvalue weighted by Crippen LogP contribution is -2.44. The van der Waals surface area contributed by atoms with Gasteiger partial charge in [-0.2, -0.15) is 0 Å². The number of benzene rings is 1. The Kier molecular flexibility index (Phi) is 5.54. The van der Waals surface area contributed by atoms with Crippen molar-refractivity contribution < 1.29 is 5.11 Å². The molecule has 0 saturated heterocycles. The first kappa shape index (κ1) is 17.3. The smallest absolute Gasteiger partial charge is 0.105 e. The Labute approximate surface area is 141 Å². The second kappa shape index (κ2) is 7.03. The third kappa shape index (κ3) is 3.65. The van der Waals surface area contributed by atoms with Crippen LogP contribution < -0.4 is 0 Å². The van der Waals surface area contributed by atoms with E-state index in [0.29, 0.717) is 5.75 Å². The third-order valence-corrected chi connectivity index (χ3v) is 5.82. The predicted molar refractivity (Wildman–Crippen MR) is 94.4 cm³/mol. The minimum absolute atomic E-state index is 0.255. The minimum atomic E-state index is -0.944. The fourth-order valence-electron chi connectivity index (χ4n) is 2.29. The lowest BCUT2D eigenvalue weighted by molar-refractivity contribution is -0.0550. The van der Waals surface area contributed by atoms with E-state index >= 15 is 0 Å². The van der Waals surface area contributed by atoms with Crippen molar-refractivity contribution >= 4 is 23.4 Å². The van der Waals surface area contributed by atoms with Crippen molar-refractivity contribution in [1.29, 1.82) is 0 Å². The number of rotatable bonds is 6. The quantitative estimate of drug-likeness (QED) is 0.741. The second-order valence-electron chi connectivity index (χ2n) is 6.08. The molecule has 4 heteroatoms. The Morgan fingerprint density at radius 2 is 1.86 bits per heavy atom. The molecule has 0 aliphatic carbocycles. The van der Waals surface area contributed by atoms with Crippen LogP contribution in [-0.2, 0) is 5.60 Å². The summed E-state index contributed by atoms with van der Waals surface area (Å²) in [5.41, 5.74) is -0.334. The number of nitrogens with zero attached hydrogens (tertiary/aromatic N) is 1. The molecule has 0 amide bonds. The normalized spacial score (nSPS) is 14.6. The van der Waals surface area contributed by atoms with Gasteiger partial charge in [0.2, 0.25) is 0 Å². The Hall–Kier alpha value is -1.03. The van der Waals surface area contributed by atoms with E-state index in [2.05, 4.69) is 25.8 Å². The van der Waals surface area contributed by atoms with Gasteiger partial charge in [0.15, 0.2) is 0 Å². The van der Waals surface area contributed by atoms with Crippen LogP contribution in [0.1, 0.15) is 32.8 Å². The number of halogens is 1. The Bertz CT molecular complexity index is 600. The van der Waals surface area contributed by atoms with E-state index in [1.807, 2.05) is 36.4 Å². The first-order valence-electron chi connectivity index (χ1n) is 7.40. The van der Waals surface area contributed by atoms with Gasteiger partial charge < -0.3 is 5.11 Å². The molecule has 1 N–H and O–H groups in total. The van der Waals surface area contributed by atoms with Gasteiger partial charge in [0.25, 0.3) is 0 Å². The average Bonchev–Trinajstić information content (AvgIpc) is 2.54. The molecule has 0 aliphatic heterocycles. The van der Waals surface area contributed by atoms with Crippen molar-refractivity contribution in [2.24, 2.45) is 5.41 Å². The van der Waals surface area contributed by atoms with Crippen molar-refractivity contribution in [2.75, 3.05) is 5.75 Å². The summed E-state index contributed by atoms with van der Waals surface area (Å²) in [7, 11) is 0. The van der Waals surface area contributed by atoms with Crippen LogP contribution in [0.3, 0.4) is 0 Å². The van der Waals surface area contributed by atoms with Gasteiger partial charge in [0, 0.05) is 33.6 Å². The van der Waals surface area contributed by atoms with E-state index in [-0.39, 0.29) is 5.41 Å². The lowest BCUT2D eigenvalue weighted by atomic mass is 9.70. The Balaban J connectivity index is 2.28. The van der Waals surface area contributed by atoms with E-state index < -0.39 is 5.60 Å². The average molecular weight is 336 g/mol. The summed E-state index contributed by atoms with van der Waals surface area (Å²) in [5, 5.41) is 12.2. The molecule has 118 valence electrons. The molecule has 1 aromatic carbocycles. The van der Waals surface area contributed by atoms with Crippen LogP contribution in [-0.4, -0.2) is 15.8 Å². The van der Waals surface area contributed by atoms with Gasteiger partial charge in [0.1, 0.15) is 5.60 Å². The molecule has 2 nitrogen and oxygen atoms in total. The van der Waals surface area contributed by atoms with E-state index in [0.717, 1.165) is 21.9 Å². The summed E-state index contributed by atoms with van der Waals surface area (Å²) in [6, 6.07) is 11.5. The molecule has 2 aromatic rings. The first-order chi connectivity index (χ1) is 10.4. The molecule has 0 bridgehead atoms. The second-order valence-corrected chi connectivity index (χ2v) is 7.57. The van der Waals surface area contributed by atoms with Gasteiger partial charge in [-0.3, -0.25) is 4.98 Å². The summed E-state index contributed by atoms with van der Waals surface area (Å²) in [5.74, 6) is 0.571. The molecule has 1 heterocycles. The van der Waals surface area contributed by atoms with Gasteiger partial charge in [-0.15, -0.1) is 11.8 Å². The molecule has 1 atom stereocenters. The van der Waals surface area contributed by atoms with E-state index in [4.69, 9.17) is 11.6 Å². The van der Waals surface area contributed by atoms with Crippen LogP contribution in [0.4, 0.5) is 0 Å². The highest BCUT2D eigenvalue weighted by atomic mass is 35.5. The highest BCUT2D eigenvalue weighted by molar-refractivity contribution is 7.99. The fourth-order valence-corrected chi connectivity index (χ4v) is 3.68. The zero-order chi connectivity index (χ0) is 16.2. The first-order valence-corrected chi connectivity index (χ1v) is 8.76. The maximum Gasteiger partial charge on any atom is 0.105 e. The van der Waals surface area contributed by atoms with Crippen LogP contribution in [0.25, 0.3) is 0 Å². The zero-order valence-electron chi connectivity index (χ0n) is 13.2. The number of aromatic nitrogens is 1. The van der Waals surface area contributed by atoms with Gasteiger partial charge in [-0.1, -0.05) is 38.4 Å². The molecule has 0 saturated carbocycles. The van der Waals surface area contributed by atoms with Crippen molar-refractivity contribution in [2.45, 2.75) is 37.7 Å². The molecule has 1 aromatic heterocycles. The molecule has 1 unspecified atom stereocenters. The number of pyridine rings is 1. The number of aliphatic hydroxyl groups is 1. The van der Waals surface area contributed by atoms with Crippen molar-refractivity contribution in [3.05, 3.63) is 59.4 Å². The topological polar surface area (TPSA) is 33.1 Å². The molecule has 2 rings (SSSR count). The molecule has 0 fully saturated rings. The number of hydrogen-bond acceptors (Lipinski definition) is 3. The van der Waals surface area contributed by atoms with E-state index in [1.165, 1.54) is 0 Å². The van der Waals surface area contributed by atoms with Gasteiger partial charge in [0.05, 0.1) is 0 Å². The Morgan fingerprint density at radius 3 is 2.41 bits per heavy atom. The summed E-state index contributed by atoms with van der Waals surface area (Å²) in [6.07, 6.45) is 4.37. The van der Waals surface area contributed by atoms with Gasteiger partial charge >= 0.3 is 0 Å².